The number of methoxy groups -OCH3 is 2. The van der Waals surface area contributed by atoms with Gasteiger partial charge in [0.1, 0.15) is 11.3 Å². The van der Waals surface area contributed by atoms with Crippen LogP contribution in [0.4, 0.5) is 5.69 Å². The number of ether oxygens (including phenoxy) is 3. The first-order valence-corrected chi connectivity index (χ1v) is 13.6. The third-order valence-corrected chi connectivity index (χ3v) is 7.65. The van der Waals surface area contributed by atoms with Gasteiger partial charge in [0.2, 0.25) is 5.76 Å². The highest BCUT2D eigenvalue weighted by atomic mass is 35.5. The van der Waals surface area contributed by atoms with Crippen LogP contribution in [0.15, 0.2) is 57.7 Å². The van der Waals surface area contributed by atoms with Crippen molar-refractivity contribution in [2.75, 3.05) is 25.7 Å². The van der Waals surface area contributed by atoms with Crippen molar-refractivity contribution >= 4 is 34.2 Å². The molecule has 0 saturated heterocycles. The van der Waals surface area contributed by atoms with Gasteiger partial charge in [-0.3, -0.25) is 14.5 Å². The van der Waals surface area contributed by atoms with E-state index in [2.05, 4.69) is 13.8 Å². The van der Waals surface area contributed by atoms with E-state index in [0.717, 1.165) is 17.5 Å². The molecule has 1 aliphatic rings. The Bertz CT molecular complexity index is 1670. The van der Waals surface area contributed by atoms with Gasteiger partial charge in [0.15, 0.2) is 16.9 Å². The lowest BCUT2D eigenvalue weighted by molar-refractivity contribution is 0.0971. The van der Waals surface area contributed by atoms with Gasteiger partial charge < -0.3 is 18.6 Å². The first-order valence-electron chi connectivity index (χ1n) is 13.2. The summed E-state index contributed by atoms with van der Waals surface area (Å²) in [5.74, 6) is 1.64. The number of rotatable bonds is 8. The lowest BCUT2D eigenvalue weighted by Gasteiger charge is -2.26. The molecule has 8 heteroatoms. The Morgan fingerprint density at radius 3 is 2.30 bits per heavy atom. The van der Waals surface area contributed by atoms with Crippen LogP contribution in [0.3, 0.4) is 0 Å². The Hall–Kier alpha value is -3.97. The average molecular weight is 562 g/mol. The van der Waals surface area contributed by atoms with Crippen LogP contribution < -0.4 is 24.5 Å². The van der Waals surface area contributed by atoms with Gasteiger partial charge in [-0.2, -0.15) is 0 Å². The SMILES string of the molecule is COc1ccc(N2C(=O)c3oc4cc(C)c(C)cc4c(=O)c3C2c2ccc(OCCC(C)C)c(OC)c2)cc1Cl. The molecule has 0 N–H and O–H groups in total. The van der Waals surface area contributed by atoms with Crippen LogP contribution >= 0.6 is 11.6 Å². The number of hydrogen-bond donors (Lipinski definition) is 0. The normalized spacial score (nSPS) is 14.7. The van der Waals surface area contributed by atoms with Gasteiger partial charge in [-0.1, -0.05) is 31.5 Å². The maximum atomic E-state index is 14.0. The van der Waals surface area contributed by atoms with Crippen LogP contribution in [0.5, 0.6) is 17.2 Å². The standard InChI is InChI=1S/C32H32ClNO6/c1-17(2)11-12-39-25-9-7-20(15-27(25)38-6)29-28-30(35)22-13-18(3)19(4)14-26(22)40-31(28)32(36)34(29)21-8-10-24(37-5)23(33)16-21/h7-10,13-17,29H,11-12H2,1-6H3. The van der Waals surface area contributed by atoms with Gasteiger partial charge in [0.05, 0.1) is 42.8 Å². The summed E-state index contributed by atoms with van der Waals surface area (Å²) < 4.78 is 23.1. The lowest BCUT2D eigenvalue weighted by Crippen LogP contribution is -2.29. The molecule has 40 heavy (non-hydrogen) atoms. The highest BCUT2D eigenvalue weighted by molar-refractivity contribution is 6.32. The van der Waals surface area contributed by atoms with E-state index in [9.17, 15) is 9.59 Å². The maximum absolute atomic E-state index is 14.0. The Morgan fingerprint density at radius 2 is 1.62 bits per heavy atom. The Kier molecular flexibility index (Phi) is 7.51. The molecule has 1 unspecified atom stereocenters. The van der Waals surface area contributed by atoms with Gasteiger partial charge >= 0.3 is 0 Å². The molecule has 1 atom stereocenters. The molecule has 0 saturated carbocycles. The van der Waals surface area contributed by atoms with E-state index in [1.807, 2.05) is 32.0 Å². The zero-order valence-corrected chi connectivity index (χ0v) is 24.2. The predicted octanol–water partition coefficient (Wildman–Crippen LogP) is 7.26. The topological polar surface area (TPSA) is 78.2 Å². The van der Waals surface area contributed by atoms with E-state index in [0.29, 0.717) is 57.0 Å². The highest BCUT2D eigenvalue weighted by Gasteiger charge is 2.44. The fraction of sp³-hybridized carbons (Fsp3) is 0.312. The molecule has 1 amide bonds. The Labute approximate surface area is 238 Å². The average Bonchev–Trinajstić information content (AvgIpc) is 3.22. The second-order valence-corrected chi connectivity index (χ2v) is 10.9. The number of hydrogen-bond acceptors (Lipinski definition) is 6. The Balaban J connectivity index is 1.71. The summed E-state index contributed by atoms with van der Waals surface area (Å²) in [4.78, 5) is 29.6. The van der Waals surface area contributed by atoms with Crippen LogP contribution in [-0.2, 0) is 0 Å². The quantitative estimate of drug-likeness (QED) is 0.225. The number of anilines is 1. The van der Waals surface area contributed by atoms with Crippen molar-refractivity contribution in [3.8, 4) is 17.2 Å². The molecule has 0 aliphatic carbocycles. The Morgan fingerprint density at radius 1 is 0.925 bits per heavy atom. The molecule has 2 heterocycles. The van der Waals surface area contributed by atoms with Crippen LogP contribution in [-0.4, -0.2) is 26.7 Å². The predicted molar refractivity (Wildman–Crippen MR) is 157 cm³/mol. The molecular formula is C32H32ClNO6. The second kappa shape index (κ2) is 10.9. The fourth-order valence-corrected chi connectivity index (χ4v) is 5.24. The van der Waals surface area contributed by atoms with E-state index in [1.165, 1.54) is 12.0 Å². The van der Waals surface area contributed by atoms with E-state index in [-0.39, 0.29) is 16.8 Å². The van der Waals surface area contributed by atoms with Crippen molar-refractivity contribution in [1.82, 2.24) is 0 Å². The van der Waals surface area contributed by atoms with Crippen LogP contribution in [0.25, 0.3) is 11.0 Å². The van der Waals surface area contributed by atoms with Gasteiger partial charge in [-0.25, -0.2) is 0 Å². The number of aryl methyl sites for hydroxylation is 2. The summed E-state index contributed by atoms with van der Waals surface area (Å²) in [6.45, 7) is 8.70. The summed E-state index contributed by atoms with van der Waals surface area (Å²) in [5, 5.41) is 0.763. The highest BCUT2D eigenvalue weighted by Crippen LogP contribution is 2.44. The summed E-state index contributed by atoms with van der Waals surface area (Å²) in [6.07, 6.45) is 0.897. The molecule has 0 radical (unpaired) electrons. The minimum absolute atomic E-state index is 0.00826. The number of fused-ring (bicyclic) bond motifs is 2. The minimum atomic E-state index is -0.784. The summed E-state index contributed by atoms with van der Waals surface area (Å²) in [7, 11) is 3.09. The molecular weight excluding hydrogens is 530 g/mol. The van der Waals surface area contributed by atoms with E-state index >= 15 is 0 Å². The third-order valence-electron chi connectivity index (χ3n) is 7.36. The lowest BCUT2D eigenvalue weighted by atomic mass is 9.97. The molecule has 5 rings (SSSR count). The number of amides is 1. The molecule has 0 bridgehead atoms. The monoisotopic (exact) mass is 561 g/mol. The van der Waals surface area contributed by atoms with Gasteiger partial charge in [0.25, 0.3) is 5.91 Å². The third kappa shape index (κ3) is 4.79. The second-order valence-electron chi connectivity index (χ2n) is 10.4. The molecule has 1 aromatic heterocycles. The summed E-state index contributed by atoms with van der Waals surface area (Å²) >= 11 is 6.47. The molecule has 0 fully saturated rings. The van der Waals surface area contributed by atoms with Crippen LogP contribution in [0.2, 0.25) is 5.02 Å². The van der Waals surface area contributed by atoms with Crippen molar-refractivity contribution < 1.29 is 23.4 Å². The van der Waals surface area contributed by atoms with Gasteiger partial charge in [-0.15, -0.1) is 0 Å². The number of halogens is 1. The minimum Gasteiger partial charge on any atom is -0.495 e. The van der Waals surface area contributed by atoms with Crippen LogP contribution in [0, 0.1) is 19.8 Å². The maximum Gasteiger partial charge on any atom is 0.295 e. The molecule has 4 aromatic rings. The molecule has 1 aliphatic heterocycles. The van der Waals surface area contributed by atoms with Crippen molar-refractivity contribution in [1.29, 1.82) is 0 Å². The van der Waals surface area contributed by atoms with Crippen molar-refractivity contribution in [2.45, 2.75) is 40.2 Å². The van der Waals surface area contributed by atoms with Crippen LogP contribution in [0.1, 0.15) is 59.1 Å². The first kappa shape index (κ1) is 27.6. The first-order chi connectivity index (χ1) is 19.1. The number of carbonyl (C=O) groups is 1. The van der Waals surface area contributed by atoms with E-state index in [1.54, 1.807) is 37.4 Å². The zero-order valence-electron chi connectivity index (χ0n) is 23.5. The van der Waals surface area contributed by atoms with E-state index < -0.39 is 11.9 Å². The summed E-state index contributed by atoms with van der Waals surface area (Å²) in [5.41, 5.74) is 3.49. The number of nitrogens with zero attached hydrogens (tertiary/aromatic N) is 1. The smallest absolute Gasteiger partial charge is 0.295 e. The molecule has 0 spiro atoms. The number of carbonyl (C=O) groups excluding carboxylic acids is 1. The zero-order chi connectivity index (χ0) is 28.7. The van der Waals surface area contributed by atoms with E-state index in [4.69, 9.17) is 30.2 Å². The fourth-order valence-electron chi connectivity index (χ4n) is 4.99. The van der Waals surface area contributed by atoms with Gasteiger partial charge in [0, 0.05) is 5.69 Å². The van der Waals surface area contributed by atoms with Gasteiger partial charge in [-0.05, 0) is 85.3 Å². The largest absolute Gasteiger partial charge is 0.495 e. The molecule has 208 valence electrons. The molecule has 7 nitrogen and oxygen atoms in total. The summed E-state index contributed by atoms with van der Waals surface area (Å²) in [6, 6.07) is 13.4. The number of benzene rings is 3. The van der Waals surface area contributed by atoms with Crippen molar-refractivity contribution in [2.24, 2.45) is 5.92 Å². The molecule has 3 aromatic carbocycles. The van der Waals surface area contributed by atoms with Crippen molar-refractivity contribution in [3.05, 3.63) is 91.8 Å². The van der Waals surface area contributed by atoms with Crippen molar-refractivity contribution in [3.63, 3.8) is 0 Å².